The summed E-state index contributed by atoms with van der Waals surface area (Å²) in [5.74, 6) is -0.143. The summed E-state index contributed by atoms with van der Waals surface area (Å²) in [6, 6.07) is 0.246. The van der Waals surface area contributed by atoms with Crippen LogP contribution in [0.1, 0.15) is 23.5 Å². The molecule has 8 nitrogen and oxygen atoms in total. The molecular weight excluding hydrogens is 274 g/mol. The number of carbonyl (C=O) groups excluding carboxylic acids is 1. The van der Waals surface area contributed by atoms with Crippen LogP contribution in [0.25, 0.3) is 0 Å². The van der Waals surface area contributed by atoms with E-state index >= 15 is 0 Å². The smallest absolute Gasteiger partial charge is 0.276 e. The van der Waals surface area contributed by atoms with Crippen molar-refractivity contribution in [3.05, 3.63) is 11.9 Å². The Morgan fingerprint density at radius 1 is 1.52 bits per heavy atom. The van der Waals surface area contributed by atoms with Gasteiger partial charge in [0, 0.05) is 33.9 Å². The van der Waals surface area contributed by atoms with E-state index in [1.54, 1.807) is 30.0 Å². The van der Waals surface area contributed by atoms with E-state index in [1.165, 1.54) is 0 Å². The predicted molar refractivity (Wildman–Crippen MR) is 76.2 cm³/mol. The second-order valence-electron chi connectivity index (χ2n) is 5.19. The Morgan fingerprint density at radius 3 is 2.86 bits per heavy atom. The molecule has 0 spiro atoms. The fourth-order valence-electron chi connectivity index (χ4n) is 2.20. The largest absolute Gasteiger partial charge is 0.383 e. The number of amides is 1. The lowest BCUT2D eigenvalue weighted by Crippen LogP contribution is -2.44. The molecule has 1 aliphatic heterocycles. The Labute approximate surface area is 124 Å². The van der Waals surface area contributed by atoms with Gasteiger partial charge in [0.2, 0.25) is 0 Å². The molecule has 0 bridgehead atoms. The number of carbonyl (C=O) groups is 1. The lowest BCUT2D eigenvalue weighted by atomic mass is 10.2. The average molecular weight is 297 g/mol. The van der Waals surface area contributed by atoms with Crippen molar-refractivity contribution in [1.82, 2.24) is 25.2 Å². The highest BCUT2D eigenvalue weighted by molar-refractivity contribution is 5.92. The quantitative estimate of drug-likeness (QED) is 0.700. The van der Waals surface area contributed by atoms with E-state index in [0.717, 1.165) is 13.1 Å². The molecule has 118 valence electrons. The summed E-state index contributed by atoms with van der Waals surface area (Å²) in [6.07, 6.45) is 1.72. The molecular formula is C13H23N5O3. The zero-order valence-corrected chi connectivity index (χ0v) is 12.8. The van der Waals surface area contributed by atoms with Gasteiger partial charge >= 0.3 is 0 Å². The number of nitrogens with zero attached hydrogens (tertiary/aromatic N) is 4. The molecule has 1 saturated heterocycles. The lowest BCUT2D eigenvalue weighted by molar-refractivity contribution is 0.0474. The highest BCUT2D eigenvalue weighted by Crippen LogP contribution is 2.12. The van der Waals surface area contributed by atoms with E-state index in [4.69, 9.17) is 9.47 Å². The minimum atomic E-state index is -0.143. The first-order chi connectivity index (χ1) is 10.2. The second kappa shape index (κ2) is 7.48. The first kappa shape index (κ1) is 15.9. The Bertz CT molecular complexity index is 460. The van der Waals surface area contributed by atoms with Gasteiger partial charge in [0.1, 0.15) is 0 Å². The molecule has 1 fully saturated rings. The number of methoxy groups -OCH3 is 2. The molecule has 0 aromatic carbocycles. The minimum absolute atomic E-state index is 0.0480. The van der Waals surface area contributed by atoms with Gasteiger partial charge in [0.05, 0.1) is 31.5 Å². The molecule has 0 aliphatic carbocycles. The zero-order chi connectivity index (χ0) is 15.2. The maximum atomic E-state index is 12.6. The van der Waals surface area contributed by atoms with Gasteiger partial charge in [-0.2, -0.15) is 0 Å². The minimum Gasteiger partial charge on any atom is -0.383 e. The summed E-state index contributed by atoms with van der Waals surface area (Å²) >= 11 is 0. The van der Waals surface area contributed by atoms with Crippen LogP contribution >= 0.6 is 0 Å². The van der Waals surface area contributed by atoms with Crippen LogP contribution in [-0.4, -0.2) is 78.9 Å². The summed E-state index contributed by atoms with van der Waals surface area (Å²) in [5.41, 5.74) is 0.362. The highest BCUT2D eigenvalue weighted by Gasteiger charge is 2.26. The van der Waals surface area contributed by atoms with Crippen molar-refractivity contribution in [3.8, 4) is 0 Å². The van der Waals surface area contributed by atoms with Gasteiger partial charge in [-0.05, 0) is 6.92 Å². The van der Waals surface area contributed by atoms with Crippen molar-refractivity contribution in [2.24, 2.45) is 0 Å². The van der Waals surface area contributed by atoms with Gasteiger partial charge in [0.25, 0.3) is 5.91 Å². The maximum absolute atomic E-state index is 12.6. The third-order valence-electron chi connectivity index (χ3n) is 3.60. The van der Waals surface area contributed by atoms with Gasteiger partial charge in [0.15, 0.2) is 5.69 Å². The monoisotopic (exact) mass is 297 g/mol. The Morgan fingerprint density at radius 2 is 2.29 bits per heavy atom. The van der Waals surface area contributed by atoms with Crippen LogP contribution in [0.2, 0.25) is 0 Å². The number of aromatic nitrogens is 3. The van der Waals surface area contributed by atoms with E-state index in [9.17, 15) is 4.79 Å². The molecule has 1 N–H and O–H groups in total. The number of hydrogen-bond donors (Lipinski definition) is 1. The normalized spacial score (nSPS) is 16.5. The van der Waals surface area contributed by atoms with Gasteiger partial charge < -0.3 is 19.7 Å². The molecule has 1 amide bonds. The topological polar surface area (TPSA) is 81.5 Å². The van der Waals surface area contributed by atoms with Crippen molar-refractivity contribution in [2.75, 3.05) is 47.1 Å². The average Bonchev–Trinajstić information content (AvgIpc) is 2.86. The molecule has 0 radical (unpaired) electrons. The molecule has 8 heteroatoms. The first-order valence-electron chi connectivity index (χ1n) is 7.08. The Balaban J connectivity index is 2.06. The fraction of sp³-hybridized carbons (Fsp3) is 0.769. The van der Waals surface area contributed by atoms with Crippen molar-refractivity contribution >= 4 is 5.91 Å². The summed E-state index contributed by atoms with van der Waals surface area (Å²) in [6.45, 7) is 5.11. The molecule has 2 rings (SSSR count). The third kappa shape index (κ3) is 3.78. The molecule has 21 heavy (non-hydrogen) atoms. The van der Waals surface area contributed by atoms with Crippen LogP contribution < -0.4 is 5.32 Å². The third-order valence-corrected chi connectivity index (χ3v) is 3.60. The number of rotatable bonds is 8. The summed E-state index contributed by atoms with van der Waals surface area (Å²) in [5, 5.41) is 11.2. The maximum Gasteiger partial charge on any atom is 0.276 e. The standard InChI is InChI=1S/C13H23N5O3/c1-10(9-21-3)17(4-5-20-2)13(19)12-8-18(16-15-12)11-6-14-7-11/h8,10-11,14H,4-7,9H2,1-3H3. The van der Waals surface area contributed by atoms with Crippen molar-refractivity contribution in [1.29, 1.82) is 0 Å². The van der Waals surface area contributed by atoms with E-state index < -0.39 is 0 Å². The lowest BCUT2D eigenvalue weighted by Gasteiger charge is -2.28. The van der Waals surface area contributed by atoms with Crippen molar-refractivity contribution in [2.45, 2.75) is 19.0 Å². The van der Waals surface area contributed by atoms with Crippen LogP contribution in [-0.2, 0) is 9.47 Å². The number of hydrogen-bond acceptors (Lipinski definition) is 6. The molecule has 1 atom stereocenters. The van der Waals surface area contributed by atoms with E-state index in [0.29, 0.717) is 31.5 Å². The number of nitrogens with one attached hydrogen (secondary N) is 1. The van der Waals surface area contributed by atoms with Crippen LogP contribution in [0.4, 0.5) is 0 Å². The zero-order valence-electron chi connectivity index (χ0n) is 12.8. The van der Waals surface area contributed by atoms with Crippen LogP contribution in [0, 0.1) is 0 Å². The second-order valence-corrected chi connectivity index (χ2v) is 5.19. The molecule has 1 aliphatic rings. The van der Waals surface area contributed by atoms with E-state index in [2.05, 4.69) is 15.6 Å². The van der Waals surface area contributed by atoms with Gasteiger partial charge in [-0.15, -0.1) is 5.10 Å². The van der Waals surface area contributed by atoms with Crippen LogP contribution in [0.15, 0.2) is 6.20 Å². The van der Waals surface area contributed by atoms with E-state index in [1.807, 2.05) is 6.92 Å². The molecule has 1 aromatic rings. The van der Waals surface area contributed by atoms with Crippen LogP contribution in [0.3, 0.4) is 0 Å². The summed E-state index contributed by atoms with van der Waals surface area (Å²) in [4.78, 5) is 14.3. The van der Waals surface area contributed by atoms with Crippen LogP contribution in [0.5, 0.6) is 0 Å². The predicted octanol–water partition coefficient (Wildman–Crippen LogP) is -0.454. The van der Waals surface area contributed by atoms with Crippen molar-refractivity contribution in [3.63, 3.8) is 0 Å². The van der Waals surface area contributed by atoms with Gasteiger partial charge in [-0.3, -0.25) is 4.79 Å². The molecule has 1 aromatic heterocycles. The highest BCUT2D eigenvalue weighted by atomic mass is 16.5. The summed E-state index contributed by atoms with van der Waals surface area (Å²) in [7, 11) is 3.23. The van der Waals surface area contributed by atoms with Gasteiger partial charge in [-0.25, -0.2) is 4.68 Å². The molecule has 1 unspecified atom stereocenters. The first-order valence-corrected chi connectivity index (χ1v) is 7.08. The molecule has 2 heterocycles. The van der Waals surface area contributed by atoms with Crippen molar-refractivity contribution < 1.29 is 14.3 Å². The summed E-state index contributed by atoms with van der Waals surface area (Å²) < 4.78 is 12.0. The fourth-order valence-corrected chi connectivity index (χ4v) is 2.20. The SMILES string of the molecule is COCCN(C(=O)c1cn(C2CNC2)nn1)C(C)COC. The van der Waals surface area contributed by atoms with E-state index in [-0.39, 0.29) is 11.9 Å². The Hall–Kier alpha value is -1.51. The Kier molecular flexibility index (Phi) is 5.66. The van der Waals surface area contributed by atoms with Gasteiger partial charge in [-0.1, -0.05) is 5.21 Å². The molecule has 0 saturated carbocycles. The number of ether oxygens (including phenoxy) is 2.